The normalized spacial score (nSPS) is 12.9. The second kappa shape index (κ2) is 6.38. The summed E-state index contributed by atoms with van der Waals surface area (Å²) in [6, 6.07) is 10.3. The highest BCUT2D eigenvalue weighted by Gasteiger charge is 2.24. The van der Waals surface area contributed by atoms with Crippen LogP contribution in [-0.2, 0) is 0 Å². The Morgan fingerprint density at radius 2 is 2.12 bits per heavy atom. The number of amides is 1. The number of aliphatic imine (C=N–C) groups is 1. The number of hydrogen-bond acceptors (Lipinski definition) is 5. The van der Waals surface area contributed by atoms with E-state index in [2.05, 4.69) is 15.6 Å². The molecule has 0 aliphatic carbocycles. The van der Waals surface area contributed by atoms with E-state index in [4.69, 9.17) is 0 Å². The largest absolute Gasteiger partial charge is 0.507 e. The maximum Gasteiger partial charge on any atom is 0.262 e. The summed E-state index contributed by atoms with van der Waals surface area (Å²) < 4.78 is 14.2. The average molecular weight is 324 g/mol. The molecule has 3 rings (SSSR count). The third-order valence-electron chi connectivity index (χ3n) is 3.58. The summed E-state index contributed by atoms with van der Waals surface area (Å²) in [6.45, 7) is 1.13. The molecule has 0 fully saturated rings. The molecule has 6 nitrogen and oxygen atoms in total. The number of rotatable bonds is 2. The summed E-state index contributed by atoms with van der Waals surface area (Å²) >= 11 is 0. The number of nitrogens with zero attached hydrogens (tertiary/aromatic N) is 2. The zero-order chi connectivity index (χ0) is 17.1. The van der Waals surface area contributed by atoms with Crippen molar-refractivity contribution in [3.8, 4) is 22.9 Å². The highest BCUT2D eigenvalue weighted by molar-refractivity contribution is 6.11. The van der Waals surface area contributed by atoms with Gasteiger partial charge < -0.3 is 10.4 Å². The molecule has 2 aromatic rings. The lowest BCUT2D eigenvalue weighted by atomic mass is 9.93. The molecule has 0 saturated carbocycles. The Morgan fingerprint density at radius 3 is 2.79 bits per heavy atom. The van der Waals surface area contributed by atoms with Crippen molar-refractivity contribution in [1.82, 2.24) is 10.6 Å². The lowest BCUT2D eigenvalue weighted by Gasteiger charge is -2.14. The van der Waals surface area contributed by atoms with Crippen LogP contribution in [0, 0.1) is 17.1 Å². The lowest BCUT2D eigenvalue weighted by Crippen LogP contribution is -2.38. The van der Waals surface area contributed by atoms with E-state index < -0.39 is 11.7 Å². The van der Waals surface area contributed by atoms with Crippen LogP contribution in [0.5, 0.6) is 5.75 Å². The van der Waals surface area contributed by atoms with Crippen LogP contribution in [0.25, 0.3) is 11.1 Å². The molecule has 7 heteroatoms. The molecule has 1 heterocycles. The summed E-state index contributed by atoms with van der Waals surface area (Å²) in [5.74, 6) is -1.33. The summed E-state index contributed by atoms with van der Waals surface area (Å²) in [4.78, 5) is 16.6. The minimum Gasteiger partial charge on any atom is -0.507 e. The molecule has 0 bridgehead atoms. The van der Waals surface area contributed by atoms with Crippen LogP contribution in [-0.4, -0.2) is 30.1 Å². The minimum atomic E-state index is -0.670. The Kier molecular flexibility index (Phi) is 4.12. The number of nitriles is 1. The zero-order valence-corrected chi connectivity index (χ0v) is 12.5. The Morgan fingerprint density at radius 1 is 1.33 bits per heavy atom. The number of phenolic OH excluding ortho intramolecular Hbond substituents is 1. The maximum absolute atomic E-state index is 14.2. The van der Waals surface area contributed by atoms with Crippen molar-refractivity contribution in [2.75, 3.05) is 13.1 Å². The van der Waals surface area contributed by atoms with Crippen molar-refractivity contribution in [3.05, 3.63) is 53.3 Å². The molecular formula is C17H13FN4O2. The van der Waals surface area contributed by atoms with E-state index in [1.54, 1.807) is 6.07 Å². The zero-order valence-electron chi connectivity index (χ0n) is 12.5. The molecule has 1 aliphatic heterocycles. The van der Waals surface area contributed by atoms with Crippen molar-refractivity contribution >= 4 is 11.9 Å². The highest BCUT2D eigenvalue weighted by Crippen LogP contribution is 2.34. The molecule has 120 valence electrons. The van der Waals surface area contributed by atoms with Gasteiger partial charge in [0.25, 0.3) is 5.91 Å². The van der Waals surface area contributed by atoms with Gasteiger partial charge in [0.1, 0.15) is 11.6 Å². The number of aromatic hydroxyl groups is 1. The van der Waals surface area contributed by atoms with Crippen molar-refractivity contribution in [2.24, 2.45) is 4.99 Å². The third kappa shape index (κ3) is 2.77. The summed E-state index contributed by atoms with van der Waals surface area (Å²) in [6.07, 6.45) is 0. The highest BCUT2D eigenvalue weighted by atomic mass is 19.1. The molecule has 3 N–H and O–H groups in total. The quantitative estimate of drug-likeness (QED) is 0.784. The number of guanidine groups is 1. The van der Waals surface area contributed by atoms with Gasteiger partial charge in [-0.3, -0.25) is 15.1 Å². The van der Waals surface area contributed by atoms with E-state index in [9.17, 15) is 19.6 Å². The van der Waals surface area contributed by atoms with E-state index in [0.717, 1.165) is 0 Å². The molecule has 24 heavy (non-hydrogen) atoms. The van der Waals surface area contributed by atoms with Crippen molar-refractivity contribution < 1.29 is 14.3 Å². The predicted molar refractivity (Wildman–Crippen MR) is 86.0 cm³/mol. The van der Waals surface area contributed by atoms with Crippen molar-refractivity contribution in [3.63, 3.8) is 0 Å². The van der Waals surface area contributed by atoms with E-state index >= 15 is 0 Å². The Hall–Kier alpha value is -3.40. The Bertz CT molecular complexity index is 887. The van der Waals surface area contributed by atoms with Crippen LogP contribution in [0.15, 0.2) is 41.4 Å². The number of phenols is 1. The molecule has 2 aromatic carbocycles. The minimum absolute atomic E-state index is 0.0479. The summed E-state index contributed by atoms with van der Waals surface area (Å²) in [5.41, 5.74) is 0.0306. The van der Waals surface area contributed by atoms with Crippen LogP contribution in [0.3, 0.4) is 0 Å². The van der Waals surface area contributed by atoms with Gasteiger partial charge in [0.05, 0.1) is 23.7 Å². The Labute approximate surface area is 137 Å². The fourth-order valence-corrected chi connectivity index (χ4v) is 2.51. The predicted octanol–water partition coefficient (Wildman–Crippen LogP) is 1.76. The number of benzene rings is 2. The average Bonchev–Trinajstić information content (AvgIpc) is 3.08. The summed E-state index contributed by atoms with van der Waals surface area (Å²) in [7, 11) is 0. The van der Waals surface area contributed by atoms with Crippen LogP contribution in [0.4, 0.5) is 4.39 Å². The Balaban J connectivity index is 2.16. The third-order valence-corrected chi connectivity index (χ3v) is 3.58. The van der Waals surface area contributed by atoms with Gasteiger partial charge in [0, 0.05) is 17.7 Å². The van der Waals surface area contributed by atoms with Gasteiger partial charge in [0.15, 0.2) is 5.96 Å². The molecule has 1 aliphatic rings. The molecular weight excluding hydrogens is 311 g/mol. The first kappa shape index (κ1) is 15.5. The maximum atomic E-state index is 14.2. The molecule has 0 atom stereocenters. The SMILES string of the molecule is N#Cc1ccc(O)c(C(=O)NC2=NCCN2)c1-c1ccccc1F. The van der Waals surface area contributed by atoms with Crippen molar-refractivity contribution in [2.45, 2.75) is 0 Å². The van der Waals surface area contributed by atoms with Gasteiger partial charge in [-0.15, -0.1) is 0 Å². The first-order chi connectivity index (χ1) is 11.6. The second-order valence-electron chi connectivity index (χ2n) is 5.09. The van der Waals surface area contributed by atoms with Gasteiger partial charge in [0.2, 0.25) is 0 Å². The van der Waals surface area contributed by atoms with Crippen LogP contribution >= 0.6 is 0 Å². The van der Waals surface area contributed by atoms with Crippen LogP contribution in [0.2, 0.25) is 0 Å². The van der Waals surface area contributed by atoms with Crippen molar-refractivity contribution in [1.29, 1.82) is 5.26 Å². The van der Waals surface area contributed by atoms with E-state index in [-0.39, 0.29) is 34.0 Å². The smallest absolute Gasteiger partial charge is 0.262 e. The second-order valence-corrected chi connectivity index (χ2v) is 5.09. The van der Waals surface area contributed by atoms with Gasteiger partial charge in [-0.05, 0) is 18.2 Å². The van der Waals surface area contributed by atoms with Gasteiger partial charge >= 0.3 is 0 Å². The fraction of sp³-hybridized carbons (Fsp3) is 0.118. The standard InChI is InChI=1S/C17H13FN4O2/c18-12-4-2-1-3-11(12)14-10(9-19)5-6-13(23)15(14)16(24)22-17-20-7-8-21-17/h1-6,23H,7-8H2,(H2,20,21,22,24). The first-order valence-electron chi connectivity index (χ1n) is 7.22. The molecule has 0 aromatic heterocycles. The van der Waals surface area contributed by atoms with Gasteiger partial charge in [-0.25, -0.2) is 4.39 Å². The summed E-state index contributed by atoms with van der Waals surface area (Å²) in [5, 5.41) is 24.9. The molecule has 0 radical (unpaired) electrons. The molecule has 0 saturated heterocycles. The fourth-order valence-electron chi connectivity index (χ4n) is 2.51. The van der Waals surface area contributed by atoms with Gasteiger partial charge in [-0.2, -0.15) is 5.26 Å². The monoisotopic (exact) mass is 324 g/mol. The molecule has 1 amide bonds. The first-order valence-corrected chi connectivity index (χ1v) is 7.22. The number of carbonyl (C=O) groups excluding carboxylic acids is 1. The molecule has 0 spiro atoms. The number of hydrogen-bond donors (Lipinski definition) is 3. The number of carbonyl (C=O) groups is 1. The van der Waals surface area contributed by atoms with E-state index in [1.165, 1.54) is 30.3 Å². The number of halogens is 1. The lowest BCUT2D eigenvalue weighted by molar-refractivity contribution is 0.0974. The van der Waals surface area contributed by atoms with Gasteiger partial charge in [-0.1, -0.05) is 18.2 Å². The topological polar surface area (TPSA) is 97.5 Å². The molecule has 0 unspecified atom stereocenters. The van der Waals surface area contributed by atoms with E-state index in [0.29, 0.717) is 13.1 Å². The van der Waals surface area contributed by atoms with Crippen LogP contribution < -0.4 is 10.6 Å². The van der Waals surface area contributed by atoms with Crippen LogP contribution in [0.1, 0.15) is 15.9 Å². The number of nitrogens with one attached hydrogen (secondary N) is 2. The van der Waals surface area contributed by atoms with E-state index in [1.807, 2.05) is 6.07 Å².